The van der Waals surface area contributed by atoms with Crippen molar-refractivity contribution in [2.45, 2.75) is 17.7 Å². The molecule has 2 aliphatic rings. The summed E-state index contributed by atoms with van der Waals surface area (Å²) in [5, 5.41) is 0.652. The highest BCUT2D eigenvalue weighted by Crippen LogP contribution is 2.38. The number of fused-ring (bicyclic) bond motifs is 2. The van der Waals surface area contributed by atoms with E-state index in [1.165, 1.54) is 0 Å². The highest BCUT2D eigenvalue weighted by Gasteiger charge is 2.41. The molecule has 3 nitrogen and oxygen atoms in total. The van der Waals surface area contributed by atoms with Crippen LogP contribution in [-0.2, 0) is 0 Å². The van der Waals surface area contributed by atoms with Crippen molar-refractivity contribution in [3.63, 3.8) is 0 Å². The number of rotatable bonds is 2. The first-order valence-electron chi connectivity index (χ1n) is 5.85. The Kier molecular flexibility index (Phi) is 2.74. The van der Waals surface area contributed by atoms with Gasteiger partial charge in [-0.1, -0.05) is 12.1 Å². The van der Waals surface area contributed by atoms with E-state index in [-0.39, 0.29) is 5.91 Å². The summed E-state index contributed by atoms with van der Waals surface area (Å²) in [6, 6.07) is 7.90. The first-order chi connectivity index (χ1) is 8.29. The molecule has 0 aromatic heterocycles. The van der Waals surface area contributed by atoms with Crippen molar-refractivity contribution in [2.75, 3.05) is 19.4 Å². The minimum Gasteiger partial charge on any atom is -0.496 e. The first-order valence-corrected chi connectivity index (χ1v) is 6.90. The minimum absolute atomic E-state index is 0.121. The molecule has 0 spiro atoms. The molecule has 2 aliphatic heterocycles. The van der Waals surface area contributed by atoms with Crippen LogP contribution in [0.25, 0.3) is 0 Å². The van der Waals surface area contributed by atoms with Crippen LogP contribution in [0.4, 0.5) is 0 Å². The molecule has 17 heavy (non-hydrogen) atoms. The smallest absolute Gasteiger partial charge is 0.257 e. The lowest BCUT2D eigenvalue weighted by molar-refractivity contribution is 0.0744. The number of carbonyl (C=O) groups is 1. The maximum Gasteiger partial charge on any atom is 0.257 e. The van der Waals surface area contributed by atoms with Crippen LogP contribution in [-0.4, -0.2) is 41.5 Å². The molecular weight excluding hydrogens is 234 g/mol. The fourth-order valence-electron chi connectivity index (χ4n) is 2.62. The second kappa shape index (κ2) is 4.26. The van der Waals surface area contributed by atoms with Crippen LogP contribution in [0, 0.1) is 0 Å². The standard InChI is InChI=1S/C13H15NO2S/c1-16-12-5-3-2-4-11(12)13(15)14-7-10-6-9(14)8-17-10/h2-5,9-10H,6-8H2,1H3. The number of hydrogen-bond acceptors (Lipinski definition) is 3. The Balaban J connectivity index is 1.86. The molecule has 3 rings (SSSR count). The summed E-state index contributed by atoms with van der Waals surface area (Å²) in [4.78, 5) is 14.5. The van der Waals surface area contributed by atoms with Crippen LogP contribution in [0.3, 0.4) is 0 Å². The topological polar surface area (TPSA) is 29.5 Å². The quantitative estimate of drug-likeness (QED) is 0.803. The zero-order valence-corrected chi connectivity index (χ0v) is 10.6. The molecule has 2 unspecified atom stereocenters. The average molecular weight is 249 g/mol. The predicted octanol–water partition coefficient (Wildman–Crippen LogP) is 2.03. The van der Waals surface area contributed by atoms with Gasteiger partial charge in [-0.05, 0) is 18.6 Å². The monoisotopic (exact) mass is 249 g/mol. The van der Waals surface area contributed by atoms with Gasteiger partial charge in [0.2, 0.25) is 0 Å². The average Bonchev–Trinajstić information content (AvgIpc) is 3.00. The van der Waals surface area contributed by atoms with Gasteiger partial charge in [0.1, 0.15) is 5.75 Å². The van der Waals surface area contributed by atoms with Crippen LogP contribution < -0.4 is 4.74 Å². The van der Waals surface area contributed by atoms with Gasteiger partial charge in [-0.2, -0.15) is 11.8 Å². The lowest BCUT2D eigenvalue weighted by Gasteiger charge is -2.27. The van der Waals surface area contributed by atoms with E-state index in [2.05, 4.69) is 0 Å². The molecule has 1 aromatic rings. The first kappa shape index (κ1) is 11.0. The van der Waals surface area contributed by atoms with Gasteiger partial charge in [-0.15, -0.1) is 0 Å². The third kappa shape index (κ3) is 1.80. The van der Waals surface area contributed by atoms with Crippen molar-refractivity contribution < 1.29 is 9.53 Å². The normalized spacial score (nSPS) is 26.3. The number of nitrogens with zero attached hydrogens (tertiary/aromatic N) is 1. The zero-order chi connectivity index (χ0) is 11.8. The molecule has 2 fully saturated rings. The third-order valence-corrected chi connectivity index (χ3v) is 4.89. The summed E-state index contributed by atoms with van der Waals surface area (Å²) in [6.45, 7) is 0.895. The van der Waals surface area contributed by atoms with E-state index < -0.39 is 0 Å². The summed E-state index contributed by atoms with van der Waals surface area (Å²) >= 11 is 1.99. The number of amides is 1. The van der Waals surface area contributed by atoms with Crippen LogP contribution in [0.1, 0.15) is 16.8 Å². The number of likely N-dealkylation sites (tertiary alicyclic amines) is 1. The van der Waals surface area contributed by atoms with E-state index in [1.807, 2.05) is 40.9 Å². The number of benzene rings is 1. The highest BCUT2D eigenvalue weighted by atomic mass is 32.2. The van der Waals surface area contributed by atoms with Gasteiger partial charge in [0, 0.05) is 23.6 Å². The fraction of sp³-hybridized carbons (Fsp3) is 0.462. The molecule has 2 bridgehead atoms. The maximum absolute atomic E-state index is 12.5. The number of hydrogen-bond donors (Lipinski definition) is 0. The predicted molar refractivity (Wildman–Crippen MR) is 68.7 cm³/mol. The lowest BCUT2D eigenvalue weighted by Crippen LogP contribution is -2.39. The van der Waals surface area contributed by atoms with Gasteiger partial charge in [0.05, 0.1) is 12.7 Å². The molecule has 1 amide bonds. The summed E-state index contributed by atoms with van der Waals surface area (Å²) in [7, 11) is 1.61. The van der Waals surface area contributed by atoms with Gasteiger partial charge >= 0.3 is 0 Å². The molecule has 90 valence electrons. The van der Waals surface area contributed by atoms with Crippen LogP contribution in [0.5, 0.6) is 5.75 Å². The Morgan fingerprint density at radius 2 is 2.29 bits per heavy atom. The number of ether oxygens (including phenoxy) is 1. The van der Waals surface area contributed by atoms with Crippen molar-refractivity contribution in [3.05, 3.63) is 29.8 Å². The highest BCUT2D eigenvalue weighted by molar-refractivity contribution is 8.00. The molecule has 2 atom stereocenters. The second-order valence-electron chi connectivity index (χ2n) is 4.50. The van der Waals surface area contributed by atoms with Crippen molar-refractivity contribution >= 4 is 17.7 Å². The van der Waals surface area contributed by atoms with Crippen molar-refractivity contribution in [3.8, 4) is 5.75 Å². The van der Waals surface area contributed by atoms with Crippen LogP contribution in [0.2, 0.25) is 0 Å². The molecule has 1 aromatic carbocycles. The number of methoxy groups -OCH3 is 1. The van der Waals surface area contributed by atoms with E-state index in [0.717, 1.165) is 18.7 Å². The molecule has 0 N–H and O–H groups in total. The summed E-state index contributed by atoms with van der Waals surface area (Å²) in [5.74, 6) is 1.88. The molecule has 0 radical (unpaired) electrons. The van der Waals surface area contributed by atoms with E-state index in [0.29, 0.717) is 22.6 Å². The van der Waals surface area contributed by atoms with Gasteiger partial charge in [0.15, 0.2) is 0 Å². The molecular formula is C13H15NO2S. The van der Waals surface area contributed by atoms with Crippen LogP contribution in [0.15, 0.2) is 24.3 Å². The zero-order valence-electron chi connectivity index (χ0n) is 9.76. The number of thioether (sulfide) groups is 1. The third-order valence-electron chi connectivity index (χ3n) is 3.50. The van der Waals surface area contributed by atoms with E-state index in [1.54, 1.807) is 7.11 Å². The molecule has 0 aliphatic carbocycles. The van der Waals surface area contributed by atoms with Crippen molar-refractivity contribution in [2.24, 2.45) is 0 Å². The largest absolute Gasteiger partial charge is 0.496 e. The summed E-state index contributed by atoms with van der Waals surface area (Å²) in [5.41, 5.74) is 0.688. The Morgan fingerprint density at radius 3 is 2.94 bits per heavy atom. The maximum atomic E-state index is 12.5. The second-order valence-corrected chi connectivity index (χ2v) is 5.84. The fourth-order valence-corrected chi connectivity index (χ4v) is 4.06. The van der Waals surface area contributed by atoms with E-state index in [4.69, 9.17) is 4.74 Å². The Hall–Kier alpha value is -1.16. The molecule has 2 saturated heterocycles. The van der Waals surface area contributed by atoms with Crippen LogP contribution >= 0.6 is 11.8 Å². The Bertz CT molecular complexity index is 449. The van der Waals surface area contributed by atoms with Gasteiger partial charge in [-0.25, -0.2) is 0 Å². The molecule has 2 heterocycles. The van der Waals surface area contributed by atoms with E-state index in [9.17, 15) is 4.79 Å². The van der Waals surface area contributed by atoms with Crippen molar-refractivity contribution in [1.29, 1.82) is 0 Å². The Morgan fingerprint density at radius 1 is 1.47 bits per heavy atom. The van der Waals surface area contributed by atoms with Gasteiger partial charge < -0.3 is 9.64 Å². The summed E-state index contributed by atoms with van der Waals surface area (Å²) < 4.78 is 5.25. The Labute approximate surface area is 105 Å². The number of carbonyl (C=O) groups excluding carboxylic acids is 1. The number of para-hydroxylation sites is 1. The van der Waals surface area contributed by atoms with E-state index >= 15 is 0 Å². The lowest BCUT2D eigenvalue weighted by atomic mass is 10.1. The molecule has 0 saturated carbocycles. The molecule has 4 heteroatoms. The van der Waals surface area contributed by atoms with Gasteiger partial charge in [-0.3, -0.25) is 4.79 Å². The minimum atomic E-state index is 0.121. The summed E-state index contributed by atoms with van der Waals surface area (Å²) in [6.07, 6.45) is 1.16. The van der Waals surface area contributed by atoms with Gasteiger partial charge in [0.25, 0.3) is 5.91 Å². The van der Waals surface area contributed by atoms with Crippen molar-refractivity contribution in [1.82, 2.24) is 4.90 Å². The SMILES string of the molecule is COc1ccccc1C(=O)N1CC2CC1CS2.